The molecule has 0 radical (unpaired) electrons. The van der Waals surface area contributed by atoms with Gasteiger partial charge in [0.2, 0.25) is 10.3 Å². The minimum Gasteiger partial charge on any atom is -0.356 e. The van der Waals surface area contributed by atoms with Crippen LogP contribution in [-0.4, -0.2) is 10.2 Å². The molecule has 0 saturated heterocycles. The van der Waals surface area contributed by atoms with Crippen molar-refractivity contribution in [3.63, 3.8) is 0 Å². The number of nitrogens with zero attached hydrogens (tertiary/aromatic N) is 2. The van der Waals surface area contributed by atoms with Crippen molar-refractivity contribution in [2.45, 2.75) is 13.1 Å². The SMILES string of the molecule is c1ccc(CNc2nnc(NCc3ccccc3)s2)cc1. The summed E-state index contributed by atoms with van der Waals surface area (Å²) in [5.74, 6) is 0. The molecule has 0 atom stereocenters. The molecule has 0 amide bonds. The van der Waals surface area contributed by atoms with Crippen molar-refractivity contribution in [3.05, 3.63) is 71.8 Å². The van der Waals surface area contributed by atoms with Crippen LogP contribution in [0.15, 0.2) is 60.7 Å². The van der Waals surface area contributed by atoms with Crippen molar-refractivity contribution in [2.75, 3.05) is 10.6 Å². The minimum atomic E-state index is 0.758. The highest BCUT2D eigenvalue weighted by Gasteiger charge is 2.03. The maximum Gasteiger partial charge on any atom is 0.207 e. The van der Waals surface area contributed by atoms with Crippen molar-refractivity contribution in [2.24, 2.45) is 0 Å². The standard InChI is InChI=1S/C16H16N4S/c1-3-7-13(8-4-1)11-17-15-19-20-16(21-15)18-12-14-9-5-2-6-10-14/h1-10H,11-12H2,(H,17,19)(H,18,20). The van der Waals surface area contributed by atoms with Crippen molar-refractivity contribution in [1.29, 1.82) is 0 Å². The summed E-state index contributed by atoms with van der Waals surface area (Å²) in [5, 5.41) is 16.5. The van der Waals surface area contributed by atoms with Crippen molar-refractivity contribution >= 4 is 21.6 Å². The van der Waals surface area contributed by atoms with Crippen LogP contribution < -0.4 is 10.6 Å². The van der Waals surface area contributed by atoms with Crippen LogP contribution in [0.1, 0.15) is 11.1 Å². The molecule has 0 fully saturated rings. The van der Waals surface area contributed by atoms with E-state index in [0.29, 0.717) is 0 Å². The lowest BCUT2D eigenvalue weighted by Gasteiger charge is -2.02. The molecule has 106 valence electrons. The first-order valence-electron chi connectivity index (χ1n) is 6.79. The van der Waals surface area contributed by atoms with Gasteiger partial charge in [0.25, 0.3) is 0 Å². The highest BCUT2D eigenvalue weighted by Crippen LogP contribution is 2.21. The molecule has 0 saturated carbocycles. The van der Waals surface area contributed by atoms with E-state index in [2.05, 4.69) is 45.1 Å². The Morgan fingerprint density at radius 1 is 0.667 bits per heavy atom. The maximum absolute atomic E-state index is 4.14. The van der Waals surface area contributed by atoms with Gasteiger partial charge >= 0.3 is 0 Å². The molecule has 5 heteroatoms. The number of rotatable bonds is 6. The summed E-state index contributed by atoms with van der Waals surface area (Å²) in [6.45, 7) is 1.52. The smallest absolute Gasteiger partial charge is 0.207 e. The zero-order valence-corrected chi connectivity index (χ0v) is 12.3. The predicted molar refractivity (Wildman–Crippen MR) is 87.4 cm³/mol. The van der Waals surface area contributed by atoms with Crippen LogP contribution in [0.25, 0.3) is 0 Å². The number of nitrogens with one attached hydrogen (secondary N) is 2. The molecule has 4 nitrogen and oxygen atoms in total. The van der Waals surface area contributed by atoms with Crippen molar-refractivity contribution in [3.8, 4) is 0 Å². The first-order valence-corrected chi connectivity index (χ1v) is 7.61. The Labute approximate surface area is 127 Å². The van der Waals surface area contributed by atoms with Crippen LogP contribution in [-0.2, 0) is 13.1 Å². The van der Waals surface area contributed by atoms with Gasteiger partial charge in [-0.15, -0.1) is 10.2 Å². The Kier molecular flexibility index (Phi) is 4.43. The van der Waals surface area contributed by atoms with Gasteiger partial charge in [-0.3, -0.25) is 0 Å². The zero-order valence-electron chi connectivity index (χ0n) is 11.5. The lowest BCUT2D eigenvalue weighted by atomic mass is 10.2. The average Bonchev–Trinajstić information content (AvgIpc) is 3.01. The largest absolute Gasteiger partial charge is 0.356 e. The van der Waals surface area contributed by atoms with E-state index in [9.17, 15) is 0 Å². The Morgan fingerprint density at radius 2 is 1.10 bits per heavy atom. The minimum absolute atomic E-state index is 0.758. The first-order chi connectivity index (χ1) is 10.4. The number of hydrogen-bond donors (Lipinski definition) is 2. The summed E-state index contributed by atoms with van der Waals surface area (Å²) >= 11 is 1.53. The monoisotopic (exact) mass is 296 g/mol. The Bertz CT molecular complexity index is 609. The third kappa shape index (κ3) is 4.03. The van der Waals surface area contributed by atoms with Gasteiger partial charge in [0.1, 0.15) is 0 Å². The quantitative estimate of drug-likeness (QED) is 0.727. The van der Waals surface area contributed by atoms with E-state index in [0.717, 1.165) is 23.4 Å². The normalized spacial score (nSPS) is 10.3. The van der Waals surface area contributed by atoms with Crippen molar-refractivity contribution in [1.82, 2.24) is 10.2 Å². The van der Waals surface area contributed by atoms with E-state index in [-0.39, 0.29) is 0 Å². The first kappa shape index (κ1) is 13.6. The maximum atomic E-state index is 4.14. The third-order valence-corrected chi connectivity index (χ3v) is 3.84. The summed E-state index contributed by atoms with van der Waals surface area (Å²) in [6.07, 6.45) is 0. The third-order valence-electron chi connectivity index (χ3n) is 3.00. The van der Waals surface area contributed by atoms with Crippen LogP contribution >= 0.6 is 11.3 Å². The molecule has 2 N–H and O–H groups in total. The fourth-order valence-electron chi connectivity index (χ4n) is 1.91. The van der Waals surface area contributed by atoms with Gasteiger partial charge in [-0.1, -0.05) is 72.0 Å². The molecule has 1 aromatic heterocycles. The molecule has 0 bridgehead atoms. The highest BCUT2D eigenvalue weighted by atomic mass is 32.1. The summed E-state index contributed by atoms with van der Waals surface area (Å²) in [7, 11) is 0. The number of aromatic nitrogens is 2. The fraction of sp³-hybridized carbons (Fsp3) is 0.125. The van der Waals surface area contributed by atoms with E-state index >= 15 is 0 Å². The van der Waals surface area contributed by atoms with E-state index in [1.54, 1.807) is 0 Å². The van der Waals surface area contributed by atoms with Crippen LogP contribution in [0.4, 0.5) is 10.3 Å². The molecule has 3 aromatic rings. The molecular weight excluding hydrogens is 280 g/mol. The van der Waals surface area contributed by atoms with E-state index in [1.165, 1.54) is 22.5 Å². The number of benzene rings is 2. The molecule has 0 aliphatic heterocycles. The summed E-state index contributed by atoms with van der Waals surface area (Å²) in [5.41, 5.74) is 2.46. The Hall–Kier alpha value is -2.40. The second-order valence-corrected chi connectivity index (χ2v) is 5.57. The molecule has 1 heterocycles. The average molecular weight is 296 g/mol. The second-order valence-electron chi connectivity index (χ2n) is 4.59. The molecule has 21 heavy (non-hydrogen) atoms. The van der Waals surface area contributed by atoms with Crippen molar-refractivity contribution < 1.29 is 0 Å². The van der Waals surface area contributed by atoms with Crippen LogP contribution in [0.5, 0.6) is 0 Å². The number of hydrogen-bond acceptors (Lipinski definition) is 5. The highest BCUT2D eigenvalue weighted by molar-refractivity contribution is 7.19. The molecule has 0 unspecified atom stereocenters. The Balaban J connectivity index is 1.52. The molecule has 3 rings (SSSR count). The van der Waals surface area contributed by atoms with Gasteiger partial charge < -0.3 is 10.6 Å². The molecular formula is C16H16N4S. The van der Waals surface area contributed by atoms with E-state index in [4.69, 9.17) is 0 Å². The van der Waals surface area contributed by atoms with Gasteiger partial charge in [0.05, 0.1) is 0 Å². The fourth-order valence-corrected chi connectivity index (χ4v) is 2.55. The molecule has 2 aromatic carbocycles. The number of anilines is 2. The summed E-state index contributed by atoms with van der Waals surface area (Å²) in [6, 6.07) is 20.5. The Morgan fingerprint density at radius 3 is 1.52 bits per heavy atom. The lowest BCUT2D eigenvalue weighted by Crippen LogP contribution is -1.98. The van der Waals surface area contributed by atoms with Crippen LogP contribution in [0.2, 0.25) is 0 Å². The summed E-state index contributed by atoms with van der Waals surface area (Å²) < 4.78 is 0. The zero-order chi connectivity index (χ0) is 14.3. The van der Waals surface area contributed by atoms with Gasteiger partial charge in [-0.2, -0.15) is 0 Å². The molecule has 0 aliphatic rings. The molecule has 0 aliphatic carbocycles. The summed E-state index contributed by atoms with van der Waals surface area (Å²) in [4.78, 5) is 0. The van der Waals surface area contributed by atoms with Gasteiger partial charge in [0.15, 0.2) is 0 Å². The van der Waals surface area contributed by atoms with Crippen LogP contribution in [0, 0.1) is 0 Å². The predicted octanol–water partition coefficient (Wildman–Crippen LogP) is 3.76. The lowest BCUT2D eigenvalue weighted by molar-refractivity contribution is 1.03. The topological polar surface area (TPSA) is 49.8 Å². The van der Waals surface area contributed by atoms with Gasteiger partial charge in [-0.05, 0) is 11.1 Å². The van der Waals surface area contributed by atoms with Gasteiger partial charge in [-0.25, -0.2) is 0 Å². The second kappa shape index (κ2) is 6.85. The van der Waals surface area contributed by atoms with Crippen LogP contribution in [0.3, 0.4) is 0 Å². The van der Waals surface area contributed by atoms with E-state index in [1.807, 2.05) is 36.4 Å². The van der Waals surface area contributed by atoms with E-state index < -0.39 is 0 Å². The molecule has 0 spiro atoms. The van der Waals surface area contributed by atoms with Gasteiger partial charge in [0, 0.05) is 13.1 Å².